The summed E-state index contributed by atoms with van der Waals surface area (Å²) in [5.41, 5.74) is 0. The highest BCUT2D eigenvalue weighted by Gasteiger charge is 2.03. The van der Waals surface area contributed by atoms with E-state index in [0.717, 1.165) is 96.3 Å². The minimum absolute atomic E-state index is 0.327. The van der Waals surface area contributed by atoms with Crippen LogP contribution in [0.1, 0.15) is 536 Å². The number of aliphatic carboxylic acids is 7. The van der Waals surface area contributed by atoms with Gasteiger partial charge in [-0.2, -0.15) is 0 Å². The smallest absolute Gasteiger partial charge is 0.303 e. The lowest BCUT2D eigenvalue weighted by Gasteiger charge is -2.03. The quantitative estimate of drug-likeness (QED) is 0.0280. The first kappa shape index (κ1) is 114. The summed E-state index contributed by atoms with van der Waals surface area (Å²) < 4.78 is 0. The summed E-state index contributed by atoms with van der Waals surface area (Å²) in [4.78, 5) is 71.2. The Kier molecular flexibility index (Phi) is 120. The number of hydrogen-bond donors (Lipinski definition) is 7. The minimum atomic E-state index is -0.682. The van der Waals surface area contributed by atoms with Gasteiger partial charge in [-0.25, -0.2) is 0 Å². The van der Waals surface area contributed by atoms with E-state index in [-0.39, 0.29) is 0 Å². The summed E-state index contributed by atoms with van der Waals surface area (Å²) in [7, 11) is 0. The van der Waals surface area contributed by atoms with E-state index in [0.29, 0.717) is 44.9 Å². The van der Waals surface area contributed by atoms with Crippen LogP contribution >= 0.6 is 0 Å². The van der Waals surface area contributed by atoms with Crippen molar-refractivity contribution in [1.29, 1.82) is 0 Å². The van der Waals surface area contributed by atoms with Crippen LogP contribution in [-0.4, -0.2) is 77.5 Å². The van der Waals surface area contributed by atoms with Gasteiger partial charge in [-0.1, -0.05) is 447 Å². The van der Waals surface area contributed by atoms with Gasteiger partial charge in [-0.05, 0) is 44.9 Å². The first-order valence-electron chi connectivity index (χ1n) is 44.9. The molecule has 0 radical (unpaired) electrons. The maximum absolute atomic E-state index is 10.3. The van der Waals surface area contributed by atoms with Gasteiger partial charge in [0.1, 0.15) is 0 Å². The van der Waals surface area contributed by atoms with Crippen molar-refractivity contribution >= 4 is 41.8 Å². The Hall–Kier alpha value is -3.71. The molecular weight excluding hydrogens is 1300 g/mol. The summed E-state index contributed by atoms with van der Waals surface area (Å²) in [5.74, 6) is -4.64. The largest absolute Gasteiger partial charge is 0.481 e. The average Bonchev–Trinajstić information content (AvgIpc) is 3.73. The number of hydrogen-bond acceptors (Lipinski definition) is 7. The summed E-state index contributed by atoms with van der Waals surface area (Å²) in [5, 5.41) is 58.7. The fraction of sp³-hybridized carbons (Fsp3) is 0.922. The molecule has 0 saturated heterocycles. The molecule has 0 unspecified atom stereocenters. The molecule has 0 aromatic rings. The zero-order valence-electron chi connectivity index (χ0n) is 70.2. The van der Waals surface area contributed by atoms with E-state index in [1.165, 1.54) is 347 Å². The van der Waals surface area contributed by atoms with E-state index in [4.69, 9.17) is 35.7 Å². The Morgan fingerprint density at radius 3 is 0.250 bits per heavy atom. The Morgan fingerprint density at radius 2 is 0.173 bits per heavy atom. The van der Waals surface area contributed by atoms with Crippen molar-refractivity contribution in [3.63, 3.8) is 0 Å². The molecule has 14 heteroatoms. The second-order valence-electron chi connectivity index (χ2n) is 29.9. The summed E-state index contributed by atoms with van der Waals surface area (Å²) in [6.45, 7) is 15.4. The first-order valence-corrected chi connectivity index (χ1v) is 44.9. The highest BCUT2D eigenvalue weighted by atomic mass is 16.4. The van der Waals surface area contributed by atoms with E-state index >= 15 is 0 Å². The normalized spacial score (nSPS) is 10.5. The van der Waals surface area contributed by atoms with E-state index in [2.05, 4.69) is 48.5 Å². The van der Waals surface area contributed by atoms with Gasteiger partial charge in [0.25, 0.3) is 0 Å². The molecule has 104 heavy (non-hydrogen) atoms. The van der Waals surface area contributed by atoms with Gasteiger partial charge in [0.2, 0.25) is 0 Å². The zero-order valence-corrected chi connectivity index (χ0v) is 70.2. The van der Waals surface area contributed by atoms with Crippen molar-refractivity contribution in [1.82, 2.24) is 0 Å². The van der Waals surface area contributed by atoms with Crippen molar-refractivity contribution in [2.24, 2.45) is 0 Å². The third-order valence-corrected chi connectivity index (χ3v) is 19.0. The second-order valence-corrected chi connectivity index (χ2v) is 29.9. The third-order valence-electron chi connectivity index (χ3n) is 19.0. The molecule has 0 aliphatic heterocycles. The zero-order chi connectivity index (χ0) is 78.8. The molecule has 0 aliphatic rings. The fourth-order valence-corrected chi connectivity index (χ4v) is 12.2. The van der Waals surface area contributed by atoms with Crippen molar-refractivity contribution in [3.05, 3.63) is 0 Å². The SMILES string of the molecule is CCCCCC(=O)O.CCCCCCCC(=O)O.CCCCCCCC(=O)O.CCCCCCCCCCCCCCCC(=O)O.CCCCCCCCCCCCCCCC(=O)O.CCCCCCCCCCCCCCCCCC(=O)O.CCCCCCCCCCCCCCCCCC(=O)O. The Bertz CT molecular complexity index is 1550. The Morgan fingerprint density at radius 1 is 0.115 bits per heavy atom. The van der Waals surface area contributed by atoms with Crippen LogP contribution in [-0.2, 0) is 33.6 Å². The van der Waals surface area contributed by atoms with E-state index in [1.54, 1.807) is 0 Å². The van der Waals surface area contributed by atoms with Gasteiger partial charge in [-0.15, -0.1) is 0 Å². The standard InChI is InChI=1S/2C18H36O2.2C16H32O2.2C8H16O2.C6H12O2/c2*1-2-3-4-5-6-7-8-9-10-11-12-13-14-15-16-17-18(19)20;2*1-2-3-4-5-6-7-8-9-10-11-12-13-14-15-16(17)18;2*1-2-3-4-5-6-7-8(9)10;1-2-3-4-5-6(7)8/h2*2-17H2,1H3,(H,19,20);2*2-15H2,1H3,(H,17,18);2*2-7H2,1H3,(H,9,10);2-5H2,1H3,(H,7,8). The van der Waals surface area contributed by atoms with Gasteiger partial charge >= 0.3 is 41.8 Å². The summed E-state index contributed by atoms with van der Waals surface area (Å²) in [6, 6.07) is 0. The molecule has 7 N–H and O–H groups in total. The minimum Gasteiger partial charge on any atom is -0.481 e. The third kappa shape index (κ3) is 148. The van der Waals surface area contributed by atoms with Crippen molar-refractivity contribution in [2.75, 3.05) is 0 Å². The molecular formula is C90H180O14. The lowest BCUT2D eigenvalue weighted by molar-refractivity contribution is -0.138. The fourth-order valence-electron chi connectivity index (χ4n) is 12.2. The molecule has 624 valence electrons. The number of rotatable bonds is 76. The van der Waals surface area contributed by atoms with E-state index in [1.807, 2.05) is 0 Å². The molecule has 0 saturated carbocycles. The van der Waals surface area contributed by atoms with Gasteiger partial charge in [-0.3, -0.25) is 33.6 Å². The van der Waals surface area contributed by atoms with Crippen LogP contribution in [0.15, 0.2) is 0 Å². The van der Waals surface area contributed by atoms with Crippen molar-refractivity contribution in [2.45, 2.75) is 536 Å². The van der Waals surface area contributed by atoms with Crippen LogP contribution in [0.3, 0.4) is 0 Å². The molecule has 0 spiro atoms. The summed E-state index contributed by atoms with van der Waals surface area (Å²) >= 11 is 0. The predicted molar refractivity (Wildman–Crippen MR) is 444 cm³/mol. The second kappa shape index (κ2) is 110. The van der Waals surface area contributed by atoms with Gasteiger partial charge in [0.05, 0.1) is 0 Å². The molecule has 0 aromatic carbocycles. The van der Waals surface area contributed by atoms with Crippen LogP contribution < -0.4 is 0 Å². The molecule has 0 atom stereocenters. The molecule has 0 amide bonds. The highest BCUT2D eigenvalue weighted by Crippen LogP contribution is 2.18. The van der Waals surface area contributed by atoms with Gasteiger partial charge in [0.15, 0.2) is 0 Å². The lowest BCUT2D eigenvalue weighted by atomic mass is 10.0. The average molecular weight is 1490 g/mol. The number of carboxylic acids is 7. The topological polar surface area (TPSA) is 261 Å². The lowest BCUT2D eigenvalue weighted by Crippen LogP contribution is -1.93. The molecule has 0 heterocycles. The van der Waals surface area contributed by atoms with Crippen LogP contribution in [0.25, 0.3) is 0 Å². The molecule has 0 rings (SSSR count). The number of carboxylic acid groups (broad SMARTS) is 7. The predicted octanol–water partition coefficient (Wildman–Crippen LogP) is 30.3. The maximum Gasteiger partial charge on any atom is 0.303 e. The number of unbranched alkanes of at least 4 members (excludes halogenated alkanes) is 62. The molecule has 0 aromatic heterocycles. The van der Waals surface area contributed by atoms with E-state index < -0.39 is 41.8 Å². The summed E-state index contributed by atoms with van der Waals surface area (Å²) in [6.07, 6.45) is 90.0. The number of carbonyl (C=O) groups is 7. The van der Waals surface area contributed by atoms with E-state index in [9.17, 15) is 33.6 Å². The van der Waals surface area contributed by atoms with Crippen LogP contribution in [0, 0.1) is 0 Å². The van der Waals surface area contributed by atoms with Crippen LogP contribution in [0.5, 0.6) is 0 Å². The van der Waals surface area contributed by atoms with Crippen molar-refractivity contribution in [3.8, 4) is 0 Å². The molecule has 0 bridgehead atoms. The van der Waals surface area contributed by atoms with Gasteiger partial charge < -0.3 is 35.7 Å². The Labute approximate surface area is 644 Å². The highest BCUT2D eigenvalue weighted by molar-refractivity contribution is 5.68. The monoisotopic (exact) mass is 1490 g/mol. The van der Waals surface area contributed by atoms with Gasteiger partial charge in [0, 0.05) is 44.9 Å². The molecule has 0 aliphatic carbocycles. The van der Waals surface area contributed by atoms with Crippen LogP contribution in [0.2, 0.25) is 0 Å². The van der Waals surface area contributed by atoms with Crippen molar-refractivity contribution < 1.29 is 69.3 Å². The molecule has 14 nitrogen and oxygen atoms in total. The maximum atomic E-state index is 10.3. The first-order chi connectivity index (χ1) is 50.4. The van der Waals surface area contributed by atoms with Crippen LogP contribution in [0.4, 0.5) is 0 Å². The Balaban J connectivity index is -0.000000216. The molecule has 0 fully saturated rings.